The van der Waals surface area contributed by atoms with E-state index in [-0.39, 0.29) is 5.91 Å². The second-order valence-corrected chi connectivity index (χ2v) is 4.46. The highest BCUT2D eigenvalue weighted by Crippen LogP contribution is 2.10. The summed E-state index contributed by atoms with van der Waals surface area (Å²) in [5.41, 5.74) is 6.68. The van der Waals surface area contributed by atoms with E-state index in [4.69, 9.17) is 5.73 Å². The van der Waals surface area contributed by atoms with Crippen molar-refractivity contribution in [3.05, 3.63) is 29.8 Å². The van der Waals surface area contributed by atoms with Crippen molar-refractivity contribution < 1.29 is 4.79 Å². The van der Waals surface area contributed by atoms with Crippen LogP contribution in [0, 0.1) is 0 Å². The molecule has 0 atom stereocenters. The van der Waals surface area contributed by atoms with E-state index in [1.54, 1.807) is 12.1 Å². The van der Waals surface area contributed by atoms with Crippen molar-refractivity contribution in [2.45, 2.75) is 6.92 Å². The number of nitrogens with two attached hydrogens (primary N) is 1. The average Bonchev–Trinajstić information content (AvgIpc) is 2.25. The number of amides is 1. The van der Waals surface area contributed by atoms with Gasteiger partial charge in [0, 0.05) is 23.5 Å². The van der Waals surface area contributed by atoms with Gasteiger partial charge in [0.1, 0.15) is 0 Å². The Morgan fingerprint density at radius 1 is 1.53 bits per heavy atom. The van der Waals surface area contributed by atoms with E-state index in [2.05, 4.69) is 12.2 Å². The quantitative estimate of drug-likeness (QED) is 0.726. The Labute approximate surface area is 94.4 Å². The molecule has 0 aromatic heterocycles. The van der Waals surface area contributed by atoms with Crippen molar-refractivity contribution in [1.29, 1.82) is 0 Å². The normalized spacial score (nSPS) is 9.93. The molecule has 0 aliphatic carbocycles. The summed E-state index contributed by atoms with van der Waals surface area (Å²) in [5, 5.41) is 3.25. The van der Waals surface area contributed by atoms with Crippen molar-refractivity contribution >= 4 is 23.4 Å². The van der Waals surface area contributed by atoms with Crippen LogP contribution in [0.3, 0.4) is 0 Å². The summed E-state index contributed by atoms with van der Waals surface area (Å²) >= 11 is 1.88. The third kappa shape index (κ3) is 4.25. The van der Waals surface area contributed by atoms with Gasteiger partial charge in [-0.3, -0.25) is 4.79 Å². The minimum Gasteiger partial charge on any atom is -0.384 e. The summed E-state index contributed by atoms with van der Waals surface area (Å²) in [5.74, 6) is 1.81. The van der Waals surface area contributed by atoms with E-state index in [0.717, 1.165) is 23.7 Å². The first-order chi connectivity index (χ1) is 7.24. The van der Waals surface area contributed by atoms with E-state index in [1.165, 1.54) is 0 Å². The summed E-state index contributed by atoms with van der Waals surface area (Å²) in [6.45, 7) is 3.04. The monoisotopic (exact) mass is 224 g/mol. The summed E-state index contributed by atoms with van der Waals surface area (Å²) in [6.07, 6.45) is 0. The number of anilines is 1. The molecule has 0 aliphatic rings. The van der Waals surface area contributed by atoms with Crippen LogP contribution in [0.5, 0.6) is 0 Å². The van der Waals surface area contributed by atoms with Crippen molar-refractivity contribution in [3.63, 3.8) is 0 Å². The van der Waals surface area contributed by atoms with E-state index in [9.17, 15) is 4.79 Å². The number of thioether (sulfide) groups is 1. The molecular weight excluding hydrogens is 208 g/mol. The molecule has 0 heterocycles. The zero-order chi connectivity index (χ0) is 11.1. The molecule has 0 bridgehead atoms. The first kappa shape index (κ1) is 11.9. The van der Waals surface area contributed by atoms with Crippen molar-refractivity contribution in [2.24, 2.45) is 5.73 Å². The molecule has 3 N–H and O–H groups in total. The lowest BCUT2D eigenvalue weighted by Crippen LogP contribution is -2.11. The first-order valence-electron chi connectivity index (χ1n) is 4.95. The number of hydrogen-bond donors (Lipinski definition) is 2. The average molecular weight is 224 g/mol. The molecule has 0 saturated heterocycles. The van der Waals surface area contributed by atoms with Crippen LogP contribution in [0.15, 0.2) is 24.3 Å². The topological polar surface area (TPSA) is 55.1 Å². The van der Waals surface area contributed by atoms with Gasteiger partial charge in [0.05, 0.1) is 0 Å². The number of carbonyl (C=O) groups excluding carboxylic acids is 1. The molecule has 0 spiro atoms. The van der Waals surface area contributed by atoms with Crippen LogP contribution < -0.4 is 11.1 Å². The minimum atomic E-state index is -0.387. The van der Waals surface area contributed by atoms with Gasteiger partial charge in [-0.2, -0.15) is 11.8 Å². The maximum atomic E-state index is 10.9. The Hall–Kier alpha value is -1.16. The summed E-state index contributed by atoms with van der Waals surface area (Å²) in [4.78, 5) is 10.9. The van der Waals surface area contributed by atoms with Gasteiger partial charge in [-0.1, -0.05) is 13.0 Å². The van der Waals surface area contributed by atoms with Gasteiger partial charge >= 0.3 is 0 Å². The Balaban J connectivity index is 2.47. The highest BCUT2D eigenvalue weighted by molar-refractivity contribution is 7.99. The maximum absolute atomic E-state index is 10.9. The van der Waals surface area contributed by atoms with Crippen LogP contribution in [0.25, 0.3) is 0 Å². The molecule has 15 heavy (non-hydrogen) atoms. The maximum Gasteiger partial charge on any atom is 0.248 e. The predicted octanol–water partition coefficient (Wildman–Crippen LogP) is 1.95. The largest absolute Gasteiger partial charge is 0.384 e. The third-order valence-electron chi connectivity index (χ3n) is 1.93. The second kappa shape index (κ2) is 6.35. The second-order valence-electron chi connectivity index (χ2n) is 3.07. The lowest BCUT2D eigenvalue weighted by atomic mass is 10.2. The molecule has 82 valence electrons. The van der Waals surface area contributed by atoms with E-state index in [1.807, 2.05) is 23.9 Å². The van der Waals surface area contributed by atoms with Gasteiger partial charge in [-0.25, -0.2) is 0 Å². The Kier molecular flexibility index (Phi) is 5.04. The van der Waals surface area contributed by atoms with Crippen molar-refractivity contribution in [2.75, 3.05) is 23.4 Å². The Morgan fingerprint density at radius 2 is 2.33 bits per heavy atom. The molecule has 1 aromatic rings. The number of nitrogens with one attached hydrogen (secondary N) is 1. The van der Waals surface area contributed by atoms with Gasteiger partial charge < -0.3 is 11.1 Å². The van der Waals surface area contributed by atoms with Gasteiger partial charge in [0.2, 0.25) is 5.91 Å². The Morgan fingerprint density at radius 3 is 3.00 bits per heavy atom. The van der Waals surface area contributed by atoms with Crippen molar-refractivity contribution in [1.82, 2.24) is 0 Å². The lowest BCUT2D eigenvalue weighted by molar-refractivity contribution is 0.100. The minimum absolute atomic E-state index is 0.387. The third-order valence-corrected chi connectivity index (χ3v) is 2.83. The standard InChI is InChI=1S/C11H16N2OS/c1-2-15-7-6-13-10-5-3-4-9(8-10)11(12)14/h3-5,8,13H,2,6-7H2,1H3,(H2,12,14). The Bertz CT molecular complexity index is 328. The smallest absolute Gasteiger partial charge is 0.248 e. The molecule has 0 aliphatic heterocycles. The van der Waals surface area contributed by atoms with Crippen LogP contribution in [0.2, 0.25) is 0 Å². The molecule has 1 amide bonds. The van der Waals surface area contributed by atoms with E-state index in [0.29, 0.717) is 5.56 Å². The number of rotatable bonds is 6. The van der Waals surface area contributed by atoms with Gasteiger partial charge in [-0.05, 0) is 24.0 Å². The fourth-order valence-corrected chi connectivity index (χ4v) is 1.73. The van der Waals surface area contributed by atoms with Crippen LogP contribution >= 0.6 is 11.8 Å². The molecule has 0 fully saturated rings. The van der Waals surface area contributed by atoms with E-state index >= 15 is 0 Å². The summed E-state index contributed by atoms with van der Waals surface area (Å²) < 4.78 is 0. The molecule has 0 radical (unpaired) electrons. The molecule has 1 aromatic carbocycles. The van der Waals surface area contributed by atoms with E-state index < -0.39 is 0 Å². The van der Waals surface area contributed by atoms with Crippen LogP contribution in [0.1, 0.15) is 17.3 Å². The summed E-state index contributed by atoms with van der Waals surface area (Å²) in [6, 6.07) is 7.26. The first-order valence-corrected chi connectivity index (χ1v) is 6.11. The van der Waals surface area contributed by atoms with Crippen molar-refractivity contribution in [3.8, 4) is 0 Å². The highest BCUT2D eigenvalue weighted by Gasteiger charge is 2.00. The number of carbonyl (C=O) groups is 1. The predicted molar refractivity (Wildman–Crippen MR) is 66.4 cm³/mol. The molecule has 4 heteroatoms. The highest BCUT2D eigenvalue weighted by atomic mass is 32.2. The lowest BCUT2D eigenvalue weighted by Gasteiger charge is -2.06. The summed E-state index contributed by atoms with van der Waals surface area (Å²) in [7, 11) is 0. The number of primary amides is 1. The van der Waals surface area contributed by atoms with Gasteiger partial charge in [-0.15, -0.1) is 0 Å². The van der Waals surface area contributed by atoms with Crippen LogP contribution in [-0.2, 0) is 0 Å². The zero-order valence-electron chi connectivity index (χ0n) is 8.82. The van der Waals surface area contributed by atoms with Gasteiger partial charge in [0.15, 0.2) is 0 Å². The number of benzene rings is 1. The molecule has 0 unspecified atom stereocenters. The fourth-order valence-electron chi connectivity index (χ4n) is 1.19. The van der Waals surface area contributed by atoms with Gasteiger partial charge in [0.25, 0.3) is 0 Å². The molecule has 1 rings (SSSR count). The zero-order valence-corrected chi connectivity index (χ0v) is 9.64. The molecule has 0 saturated carbocycles. The van der Waals surface area contributed by atoms with Crippen LogP contribution in [0.4, 0.5) is 5.69 Å². The van der Waals surface area contributed by atoms with Crippen LogP contribution in [-0.4, -0.2) is 24.0 Å². The fraction of sp³-hybridized carbons (Fsp3) is 0.364. The molecule has 3 nitrogen and oxygen atoms in total. The molecular formula is C11H16N2OS. The number of hydrogen-bond acceptors (Lipinski definition) is 3. The SMILES string of the molecule is CCSCCNc1cccc(C(N)=O)c1.